The highest BCUT2D eigenvalue weighted by Gasteiger charge is 2.38. The van der Waals surface area contributed by atoms with Gasteiger partial charge in [0.1, 0.15) is 6.04 Å². The van der Waals surface area contributed by atoms with Crippen molar-refractivity contribution in [3.8, 4) is 0 Å². The van der Waals surface area contributed by atoms with E-state index >= 15 is 0 Å². The number of aryl methyl sites for hydroxylation is 2. The maximum absolute atomic E-state index is 12.8. The van der Waals surface area contributed by atoms with Gasteiger partial charge in [0.05, 0.1) is 24.5 Å². The van der Waals surface area contributed by atoms with Gasteiger partial charge in [0, 0.05) is 19.3 Å². The molecule has 0 aromatic carbocycles. The van der Waals surface area contributed by atoms with Gasteiger partial charge in [-0.2, -0.15) is 10.1 Å². The second-order valence-electron chi connectivity index (χ2n) is 5.28. The molecule has 3 rings (SSSR count). The van der Waals surface area contributed by atoms with Gasteiger partial charge in [0.15, 0.2) is 5.82 Å². The molecule has 8 heteroatoms. The zero-order chi connectivity index (χ0) is 15.7. The van der Waals surface area contributed by atoms with Gasteiger partial charge < -0.3 is 14.2 Å². The fourth-order valence-corrected chi connectivity index (χ4v) is 2.63. The van der Waals surface area contributed by atoms with Crippen LogP contribution in [0.4, 0.5) is 0 Å². The predicted octanol–water partition coefficient (Wildman–Crippen LogP) is 1.20. The number of ether oxygens (including phenoxy) is 1. The van der Waals surface area contributed by atoms with Crippen molar-refractivity contribution in [3.63, 3.8) is 0 Å². The van der Waals surface area contributed by atoms with E-state index in [2.05, 4.69) is 15.2 Å². The maximum atomic E-state index is 12.8. The van der Waals surface area contributed by atoms with E-state index in [1.165, 1.54) is 0 Å². The van der Waals surface area contributed by atoms with Crippen molar-refractivity contribution in [1.29, 1.82) is 0 Å². The number of hydrogen-bond acceptors (Lipinski definition) is 6. The summed E-state index contributed by atoms with van der Waals surface area (Å²) >= 11 is 0. The van der Waals surface area contributed by atoms with Crippen molar-refractivity contribution >= 4 is 5.91 Å². The highest BCUT2D eigenvalue weighted by Crippen LogP contribution is 2.29. The summed E-state index contributed by atoms with van der Waals surface area (Å²) in [6.07, 6.45) is 3.12. The minimum absolute atomic E-state index is 0.101. The van der Waals surface area contributed by atoms with E-state index in [0.717, 1.165) is 6.54 Å². The number of rotatable bonds is 3. The minimum atomic E-state index is -0.382. The van der Waals surface area contributed by atoms with Crippen molar-refractivity contribution in [2.24, 2.45) is 0 Å². The van der Waals surface area contributed by atoms with Gasteiger partial charge in [0.25, 0.3) is 11.8 Å². The number of carbonyl (C=O) groups is 1. The lowest BCUT2D eigenvalue weighted by atomic mass is 10.1. The zero-order valence-electron chi connectivity index (χ0n) is 12.9. The van der Waals surface area contributed by atoms with Gasteiger partial charge in [-0.05, 0) is 20.8 Å². The van der Waals surface area contributed by atoms with E-state index in [1.54, 1.807) is 28.9 Å². The molecule has 3 heterocycles. The van der Waals surface area contributed by atoms with E-state index in [4.69, 9.17) is 9.26 Å². The lowest BCUT2D eigenvalue weighted by molar-refractivity contribution is -0.0600. The summed E-state index contributed by atoms with van der Waals surface area (Å²) in [5.41, 5.74) is 0.553. The van der Waals surface area contributed by atoms with Crippen molar-refractivity contribution in [3.05, 3.63) is 29.7 Å². The lowest BCUT2D eigenvalue weighted by Crippen LogP contribution is -2.47. The summed E-state index contributed by atoms with van der Waals surface area (Å²) in [6.45, 7) is 7.31. The third-order valence-electron chi connectivity index (χ3n) is 3.75. The average Bonchev–Trinajstić information content (AvgIpc) is 3.15. The monoisotopic (exact) mass is 305 g/mol. The van der Waals surface area contributed by atoms with Crippen LogP contribution in [0.1, 0.15) is 42.0 Å². The molecule has 0 N–H and O–H groups in total. The smallest absolute Gasteiger partial charge is 0.257 e. The van der Waals surface area contributed by atoms with Crippen LogP contribution in [-0.4, -0.2) is 50.0 Å². The average molecular weight is 305 g/mol. The summed E-state index contributed by atoms with van der Waals surface area (Å²) in [4.78, 5) is 18.8. The van der Waals surface area contributed by atoms with Crippen LogP contribution in [0.2, 0.25) is 0 Å². The maximum Gasteiger partial charge on any atom is 0.257 e. The number of carbonyl (C=O) groups excluding carboxylic acids is 1. The van der Waals surface area contributed by atoms with Crippen molar-refractivity contribution in [2.45, 2.75) is 39.5 Å². The molecule has 0 unspecified atom stereocenters. The van der Waals surface area contributed by atoms with Crippen LogP contribution < -0.4 is 0 Å². The summed E-state index contributed by atoms with van der Waals surface area (Å²) in [6, 6.07) is -0.382. The molecule has 2 atom stereocenters. The molecule has 8 nitrogen and oxygen atoms in total. The summed E-state index contributed by atoms with van der Waals surface area (Å²) in [5.74, 6) is 0.843. The van der Waals surface area contributed by atoms with Crippen LogP contribution in [0.15, 0.2) is 16.9 Å². The molecule has 0 aliphatic carbocycles. The Labute approximate surface area is 128 Å². The minimum Gasteiger partial charge on any atom is -0.374 e. The third kappa shape index (κ3) is 2.61. The van der Waals surface area contributed by atoms with Crippen LogP contribution in [0.25, 0.3) is 0 Å². The first-order chi connectivity index (χ1) is 10.6. The van der Waals surface area contributed by atoms with Crippen molar-refractivity contribution < 1.29 is 14.1 Å². The molecule has 22 heavy (non-hydrogen) atoms. The standard InChI is InChI=1S/C14H19N5O3/c1-4-18-8-11(7-15-18)14(20)19-5-6-21-9(2)12(19)13-16-10(3)17-22-13/h7-9,12H,4-6H2,1-3H3/t9-,12+/m1/s1. The van der Waals surface area contributed by atoms with Gasteiger partial charge in [-0.15, -0.1) is 0 Å². The molecule has 0 radical (unpaired) electrons. The van der Waals surface area contributed by atoms with Crippen LogP contribution in [0, 0.1) is 6.92 Å². The van der Waals surface area contributed by atoms with Gasteiger partial charge in [-0.1, -0.05) is 5.16 Å². The molecule has 0 spiro atoms. The van der Waals surface area contributed by atoms with Crippen LogP contribution in [-0.2, 0) is 11.3 Å². The van der Waals surface area contributed by atoms with E-state index in [1.807, 2.05) is 13.8 Å². The largest absolute Gasteiger partial charge is 0.374 e. The number of aromatic nitrogens is 4. The lowest BCUT2D eigenvalue weighted by Gasteiger charge is -2.37. The van der Waals surface area contributed by atoms with Crippen molar-refractivity contribution in [1.82, 2.24) is 24.8 Å². The Hall–Kier alpha value is -2.22. The number of morpholine rings is 1. The summed E-state index contributed by atoms with van der Waals surface area (Å²) in [7, 11) is 0. The Morgan fingerprint density at radius 2 is 2.32 bits per heavy atom. The van der Waals surface area contributed by atoms with Crippen LogP contribution in [0.3, 0.4) is 0 Å². The van der Waals surface area contributed by atoms with Crippen LogP contribution >= 0.6 is 0 Å². The van der Waals surface area contributed by atoms with Crippen molar-refractivity contribution in [2.75, 3.05) is 13.2 Å². The molecule has 0 bridgehead atoms. The molecule has 1 aliphatic heterocycles. The van der Waals surface area contributed by atoms with Crippen LogP contribution in [0.5, 0.6) is 0 Å². The Morgan fingerprint density at radius 3 is 2.95 bits per heavy atom. The number of hydrogen-bond donors (Lipinski definition) is 0. The normalized spacial score (nSPS) is 22.0. The second kappa shape index (κ2) is 5.88. The van der Waals surface area contributed by atoms with Gasteiger partial charge in [-0.3, -0.25) is 9.48 Å². The molecular weight excluding hydrogens is 286 g/mol. The highest BCUT2D eigenvalue weighted by atomic mass is 16.5. The molecule has 2 aromatic heterocycles. The molecule has 1 amide bonds. The van der Waals surface area contributed by atoms with Gasteiger partial charge in [0.2, 0.25) is 0 Å². The first kappa shape index (κ1) is 14.7. The number of amides is 1. The second-order valence-corrected chi connectivity index (χ2v) is 5.28. The molecule has 1 saturated heterocycles. The Morgan fingerprint density at radius 1 is 1.50 bits per heavy atom. The van der Waals surface area contributed by atoms with E-state index in [9.17, 15) is 4.79 Å². The topological polar surface area (TPSA) is 86.3 Å². The molecule has 1 fully saturated rings. The zero-order valence-corrected chi connectivity index (χ0v) is 12.9. The van der Waals surface area contributed by atoms with Gasteiger partial charge >= 0.3 is 0 Å². The van der Waals surface area contributed by atoms with E-state index < -0.39 is 0 Å². The predicted molar refractivity (Wildman–Crippen MR) is 76.1 cm³/mol. The first-order valence-electron chi connectivity index (χ1n) is 7.35. The third-order valence-corrected chi connectivity index (χ3v) is 3.75. The highest BCUT2D eigenvalue weighted by molar-refractivity contribution is 5.94. The molecule has 0 saturated carbocycles. The number of nitrogens with zero attached hydrogens (tertiary/aromatic N) is 5. The summed E-state index contributed by atoms with van der Waals surface area (Å²) in [5, 5.41) is 7.97. The fraction of sp³-hybridized carbons (Fsp3) is 0.571. The Bertz CT molecular complexity index is 665. The summed E-state index contributed by atoms with van der Waals surface area (Å²) < 4.78 is 12.6. The van der Waals surface area contributed by atoms with E-state index in [0.29, 0.717) is 30.4 Å². The van der Waals surface area contributed by atoms with E-state index in [-0.39, 0.29) is 18.1 Å². The molecule has 1 aliphatic rings. The van der Waals surface area contributed by atoms with Gasteiger partial charge in [-0.25, -0.2) is 0 Å². The fourth-order valence-electron chi connectivity index (χ4n) is 2.63. The molecular formula is C14H19N5O3. The molecule has 118 valence electrons. The Kier molecular flexibility index (Phi) is 3.93. The Balaban J connectivity index is 1.90. The quantitative estimate of drug-likeness (QED) is 0.847. The molecule has 2 aromatic rings. The SMILES string of the molecule is CCn1cc(C(=O)N2CCO[C@H](C)[C@H]2c2nc(C)no2)cn1. The first-order valence-corrected chi connectivity index (χ1v) is 7.35.